The van der Waals surface area contributed by atoms with Crippen LogP contribution in [0.3, 0.4) is 0 Å². The first kappa shape index (κ1) is 114. The highest BCUT2D eigenvalue weighted by molar-refractivity contribution is 7.98. The minimum Gasteiger partial charge on any atom is -0.480 e. The molecule has 4 unspecified atom stereocenters. The van der Waals surface area contributed by atoms with E-state index in [2.05, 4.69) is 123 Å². The molecule has 3 saturated heterocycles. The van der Waals surface area contributed by atoms with Crippen molar-refractivity contribution in [2.24, 2.45) is 23.5 Å². The van der Waals surface area contributed by atoms with Crippen molar-refractivity contribution in [2.75, 3.05) is 69.1 Å². The molecule has 0 radical (unpaired) electrons. The maximum atomic E-state index is 15.3. The van der Waals surface area contributed by atoms with E-state index < -0.39 is 284 Å². The molecule has 20 amide bonds. The Kier molecular flexibility index (Phi) is 44.2. The Morgan fingerprint density at radius 1 is 0.556 bits per heavy atom. The van der Waals surface area contributed by atoms with E-state index in [-0.39, 0.29) is 87.6 Å². The van der Waals surface area contributed by atoms with Crippen molar-refractivity contribution in [3.63, 3.8) is 0 Å². The van der Waals surface area contributed by atoms with E-state index in [4.69, 9.17) is 5.73 Å². The molecule has 3 aliphatic heterocycles. The number of primary amides is 1. The summed E-state index contributed by atoms with van der Waals surface area (Å²) in [5, 5.41) is 75.0. The minimum absolute atomic E-state index is 0.0223. The predicted octanol–water partition coefficient (Wildman–Crippen LogP) is -5.93. The van der Waals surface area contributed by atoms with Crippen molar-refractivity contribution in [1.82, 2.24) is 120 Å². The number of aliphatic hydroxyl groups excluding tert-OH is 2. The molecule has 3 aliphatic rings. The number of thioether (sulfide) groups is 2. The Bertz CT molecular complexity index is 5350. The highest BCUT2D eigenvalue weighted by atomic mass is 32.2. The quantitative estimate of drug-likeness (QED) is 0.0162. The van der Waals surface area contributed by atoms with Gasteiger partial charge in [-0.05, 0) is 124 Å². The van der Waals surface area contributed by atoms with Gasteiger partial charge in [0.15, 0.2) is 0 Å². The molecule has 2 aromatic carbocycles. The fourth-order valence-electron chi connectivity index (χ4n) is 16.3. The number of aliphatic carboxylic acids is 1. The van der Waals surface area contributed by atoms with Gasteiger partial charge in [0, 0.05) is 78.5 Å². The smallest absolute Gasteiger partial charge is 0.326 e. The lowest BCUT2D eigenvalue weighted by atomic mass is 9.99. The van der Waals surface area contributed by atoms with Gasteiger partial charge in [-0.1, -0.05) is 77.9 Å². The Labute approximate surface area is 831 Å². The van der Waals surface area contributed by atoms with Crippen LogP contribution in [0.4, 0.5) is 0 Å². The van der Waals surface area contributed by atoms with Crippen LogP contribution >= 0.6 is 36.2 Å². The highest BCUT2D eigenvalue weighted by Gasteiger charge is 2.45. The lowest BCUT2D eigenvalue weighted by Gasteiger charge is -2.31. The molecule has 17 atom stereocenters. The van der Waals surface area contributed by atoms with E-state index in [1.54, 1.807) is 109 Å². The Morgan fingerprint density at radius 3 is 1.71 bits per heavy atom. The first-order valence-corrected chi connectivity index (χ1v) is 50.0. The number of carbonyl (C=O) groups is 21. The zero-order valence-electron chi connectivity index (χ0n) is 80.4. The van der Waals surface area contributed by atoms with Gasteiger partial charge in [-0.3, -0.25) is 95.9 Å². The fourth-order valence-corrected chi connectivity index (χ4v) is 17.5. The molecule has 776 valence electrons. The number of aromatic nitrogens is 4. The maximum absolute atomic E-state index is 15.3. The molecule has 3 aromatic heterocycles. The number of hydrogen-bond donors (Lipinski definition) is 25. The summed E-state index contributed by atoms with van der Waals surface area (Å²) in [5.74, 6) is -22.5. The average molecular weight is 2040 g/mol. The molecule has 0 saturated carbocycles. The molecule has 3 fully saturated rings. The van der Waals surface area contributed by atoms with E-state index in [1.807, 2.05) is 0 Å². The number of likely N-dealkylation sites (tertiary alicyclic amines) is 1. The summed E-state index contributed by atoms with van der Waals surface area (Å²) in [5.41, 5.74) is 7.81. The molecule has 5 aromatic rings. The summed E-state index contributed by atoms with van der Waals surface area (Å²) >= 11 is 6.96. The van der Waals surface area contributed by atoms with Crippen LogP contribution in [0.5, 0.6) is 0 Å². The first-order valence-electron chi connectivity index (χ1n) is 46.6. The molecule has 0 aliphatic carbocycles. The second-order valence-electron chi connectivity index (χ2n) is 36.0. The number of H-pyrrole nitrogens is 3. The molecule has 0 bridgehead atoms. The highest BCUT2D eigenvalue weighted by Crippen LogP contribution is 2.26. The maximum Gasteiger partial charge on any atom is 0.326 e. The second kappa shape index (κ2) is 55.1. The van der Waals surface area contributed by atoms with E-state index in [0.29, 0.717) is 45.1 Å². The zero-order valence-corrected chi connectivity index (χ0v) is 82.9. The Hall–Kier alpha value is -13.4. The molecular formula is C91H130N24O24S3. The largest absolute Gasteiger partial charge is 0.480 e. The number of fused-ring (bicyclic) bond motifs is 3. The third-order valence-corrected chi connectivity index (χ3v) is 25.5. The number of hydrogen-bond acceptors (Lipinski definition) is 27. The Balaban J connectivity index is 0.992. The van der Waals surface area contributed by atoms with Crippen molar-refractivity contribution in [3.05, 3.63) is 90.3 Å². The van der Waals surface area contributed by atoms with Gasteiger partial charge in [-0.2, -0.15) is 36.2 Å². The van der Waals surface area contributed by atoms with Crippen molar-refractivity contribution >= 4 is 182 Å². The van der Waals surface area contributed by atoms with Crippen molar-refractivity contribution in [3.8, 4) is 0 Å². The number of aliphatic hydroxyl groups is 2. The number of nitrogens with one attached hydrogen (secondary N) is 20. The summed E-state index contributed by atoms with van der Waals surface area (Å²) in [4.78, 5) is 312. The molecule has 25 N–H and O–H groups in total. The van der Waals surface area contributed by atoms with Crippen LogP contribution in [0.1, 0.15) is 130 Å². The number of carboxylic acids is 1. The minimum atomic E-state index is -2.08. The van der Waals surface area contributed by atoms with Crippen LogP contribution in [0.25, 0.3) is 21.8 Å². The lowest BCUT2D eigenvalue weighted by Crippen LogP contribution is -2.61. The third-order valence-electron chi connectivity index (χ3n) is 23.9. The van der Waals surface area contributed by atoms with Gasteiger partial charge in [0.05, 0.1) is 57.2 Å². The monoisotopic (exact) mass is 2040 g/mol. The first-order chi connectivity index (χ1) is 67.4. The van der Waals surface area contributed by atoms with E-state index in [0.717, 1.165) is 11.8 Å². The van der Waals surface area contributed by atoms with Crippen LogP contribution in [0.2, 0.25) is 0 Å². The van der Waals surface area contributed by atoms with E-state index in [9.17, 15) is 106 Å². The summed E-state index contributed by atoms with van der Waals surface area (Å²) in [6.45, 7) is 8.45. The van der Waals surface area contributed by atoms with E-state index >= 15 is 9.59 Å². The van der Waals surface area contributed by atoms with Crippen LogP contribution in [0.15, 0.2) is 73.4 Å². The number of carboxylic acid groups (broad SMARTS) is 1. The van der Waals surface area contributed by atoms with Crippen LogP contribution < -0.4 is 96.1 Å². The van der Waals surface area contributed by atoms with Gasteiger partial charge in [0.1, 0.15) is 96.7 Å². The topological polar surface area (TPSA) is 716 Å². The normalized spacial score (nSPS) is 20.9. The van der Waals surface area contributed by atoms with E-state index in [1.165, 1.54) is 54.1 Å². The fraction of sp³-hybridized carbons (Fsp3) is 0.560. The van der Waals surface area contributed by atoms with Crippen molar-refractivity contribution in [2.45, 2.75) is 235 Å². The number of para-hydroxylation sites is 2. The van der Waals surface area contributed by atoms with Gasteiger partial charge in [-0.25, -0.2) is 9.78 Å². The van der Waals surface area contributed by atoms with Crippen molar-refractivity contribution in [1.29, 1.82) is 0 Å². The Morgan fingerprint density at radius 2 is 1.11 bits per heavy atom. The molecule has 142 heavy (non-hydrogen) atoms. The standard InChI is InChI=1S/C91H130N24O24S3/c1-44(2)29-63(90(137)115-26-16-22-67(115)85(132)110-65(42-140)83(130)112-74(46(5)6)87(134)113-73(45(3)4)86(133)104-57(91(138)139)24-28-142-10)102-71(121)39-97-76(123)56(23-27-141-9)103-82(129)64(41-116)109-79(126)59(31-50-36-95-55-20-14-12-18-53(50)55)106-81(128)62-34-69(119)96-38-70(120)101-61(33-68(92)118)80(127)105-58(30-49-35-94-54-19-13-11-17-52(49)54)78(125)107-60(32-51-37-93-43-99-51)77(124)98-40-72(122)111-75(48(8)117)88(135)100-47(7)89(136)114-25-15-21-66(114)84(131)108-62/h11-14,17-20,35-37,43-48,56-67,73-75,94-95,116-117,140H,15-16,21-34,38-42H2,1-10H3,(H2,92,118)(H,93,99)(H,96,119)(H,97,123)(H,98,124)(H,100,135)(H,101,120)(H,102,121)(H,103,129)(H,104,133)(H,105,127)(H,106,128)(H,107,125)(H,108,131)(H,109,126)(H,110,132)(H,111,122)(H,112,130)(H,113,134)(H,138,139)/t47-,48+,56-,57-,58-,59-,60?,61?,62?,63-,64-,65+,66-,67-,73-,74-,75?/m0/s1. The SMILES string of the molecule is CSCC[C@H](NC(=O)[C@@H](NC(=O)[C@@H](NC(=O)[C@@H](CS)NC(=O)[C@@H]1CCCN1C(=O)[C@H](CC(C)C)NC(=O)CNC(=O)[C@H](CCSC)NC(=O)[C@H](CO)NC(=O)[C@H](Cc1c[nH]c2ccccc12)NC(=O)C1CC(=O)NCC(=O)NC(CC(N)=O)C(=O)N[C@@H](Cc2c[nH]c3ccccc23)C(=O)NC(Cc2c[nH]cn2)C(=O)NCC(=O)NC([C@@H](C)O)C(=O)N[C@@H](C)C(=O)N2CCC[C@H]2C(=O)N1)C(C)C)C(C)C)C(=O)O. The van der Waals surface area contributed by atoms with Crippen LogP contribution in [-0.4, -0.2) is 341 Å². The molecule has 48 nitrogen and oxygen atoms in total. The zero-order chi connectivity index (χ0) is 104. The third kappa shape index (κ3) is 33.4. The molecular weight excluding hydrogens is 1910 g/mol. The number of aromatic amines is 3. The van der Waals surface area contributed by atoms with Gasteiger partial charge < -0.3 is 136 Å². The number of amides is 20. The summed E-state index contributed by atoms with van der Waals surface area (Å²) < 4.78 is 0. The molecule has 51 heteroatoms. The number of thiol groups is 1. The summed E-state index contributed by atoms with van der Waals surface area (Å²) in [7, 11) is 0. The molecule has 0 spiro atoms. The number of benzene rings is 2. The predicted molar refractivity (Wildman–Crippen MR) is 521 cm³/mol. The lowest BCUT2D eigenvalue weighted by molar-refractivity contribution is -0.143. The van der Waals surface area contributed by atoms with Gasteiger partial charge in [0.25, 0.3) is 0 Å². The summed E-state index contributed by atoms with van der Waals surface area (Å²) in [6, 6.07) is -11.3. The molecule has 6 heterocycles. The number of imidazole rings is 1. The number of nitrogens with zero attached hydrogens (tertiary/aromatic N) is 3. The van der Waals surface area contributed by atoms with Gasteiger partial charge in [-0.15, -0.1) is 0 Å². The summed E-state index contributed by atoms with van der Waals surface area (Å²) in [6.07, 6.45) is 4.89. The average Bonchev–Trinajstić information content (AvgIpc) is 1.69. The van der Waals surface area contributed by atoms with Crippen molar-refractivity contribution < 1.29 is 116 Å². The number of carbonyl (C=O) groups excluding carboxylic acids is 20. The second-order valence-corrected chi connectivity index (χ2v) is 38.3. The number of rotatable bonds is 41. The van der Waals surface area contributed by atoms with Crippen LogP contribution in [0, 0.1) is 17.8 Å². The number of nitrogens with two attached hydrogens (primary N) is 1. The van der Waals surface area contributed by atoms with Crippen LogP contribution in [-0.2, 0) is 120 Å². The molecule has 8 rings (SSSR count). The van der Waals surface area contributed by atoms with Gasteiger partial charge >= 0.3 is 5.97 Å². The van der Waals surface area contributed by atoms with Gasteiger partial charge in [0.2, 0.25) is 118 Å².